The van der Waals surface area contributed by atoms with Crippen molar-refractivity contribution in [2.24, 2.45) is 0 Å². The van der Waals surface area contributed by atoms with Gasteiger partial charge < -0.3 is 19.9 Å². The van der Waals surface area contributed by atoms with Gasteiger partial charge in [0, 0.05) is 6.07 Å². The van der Waals surface area contributed by atoms with Crippen LogP contribution < -0.4 is 14.8 Å². The van der Waals surface area contributed by atoms with Gasteiger partial charge in [-0.2, -0.15) is 0 Å². The van der Waals surface area contributed by atoms with Crippen LogP contribution in [0.2, 0.25) is 0 Å². The molecule has 28 heavy (non-hydrogen) atoms. The number of imidazole rings is 1. The molecule has 0 unspecified atom stereocenters. The number of amides is 1. The van der Waals surface area contributed by atoms with Gasteiger partial charge in [-0.05, 0) is 29.8 Å². The van der Waals surface area contributed by atoms with E-state index in [0.29, 0.717) is 11.6 Å². The molecule has 2 aromatic carbocycles. The quantitative estimate of drug-likeness (QED) is 0.702. The topological polar surface area (TPSA) is 85.6 Å². The lowest BCUT2D eigenvalue weighted by molar-refractivity contribution is -0.113. The maximum Gasteiger partial charge on any atom is 0.235 e. The summed E-state index contributed by atoms with van der Waals surface area (Å²) in [5.41, 5.74) is 2.55. The molecule has 2 N–H and O–H groups in total. The van der Waals surface area contributed by atoms with Gasteiger partial charge in [-0.25, -0.2) is 4.98 Å². The number of rotatable bonds is 4. The minimum absolute atomic E-state index is 0.0538. The van der Waals surface area contributed by atoms with Crippen molar-refractivity contribution < 1.29 is 19.4 Å². The van der Waals surface area contributed by atoms with Crippen molar-refractivity contribution in [3.63, 3.8) is 0 Å². The van der Waals surface area contributed by atoms with Gasteiger partial charge in [-0.15, -0.1) is 11.8 Å². The molecule has 1 aliphatic rings. The first kappa shape index (κ1) is 18.2. The standard InChI is InChI=1S/C20H19N3O4S/c1-26-14-5-3-4-13(9-14)23-11-21-20-18(23)19(28-10-17(25)22-20)12-6-7-16(27-2)15(24)8-12/h3-9,11,19,24H,10H2,1-2H3,(H,22,25)/t19-/m0/s1. The highest BCUT2D eigenvalue weighted by molar-refractivity contribution is 8.00. The van der Waals surface area contributed by atoms with Crippen molar-refractivity contribution in [1.29, 1.82) is 0 Å². The smallest absolute Gasteiger partial charge is 0.235 e. The zero-order valence-corrected chi connectivity index (χ0v) is 16.2. The van der Waals surface area contributed by atoms with Crippen LogP contribution in [0, 0.1) is 0 Å². The minimum atomic E-state index is -0.209. The second-order valence-electron chi connectivity index (χ2n) is 6.22. The van der Waals surface area contributed by atoms with E-state index in [1.807, 2.05) is 34.9 Å². The number of aromatic hydroxyl groups is 1. The van der Waals surface area contributed by atoms with Gasteiger partial charge >= 0.3 is 0 Å². The number of hydrogen-bond acceptors (Lipinski definition) is 6. The largest absolute Gasteiger partial charge is 0.504 e. The van der Waals surface area contributed by atoms with Gasteiger partial charge in [-0.3, -0.25) is 9.36 Å². The minimum Gasteiger partial charge on any atom is -0.504 e. The van der Waals surface area contributed by atoms with E-state index in [1.54, 1.807) is 25.6 Å². The third kappa shape index (κ3) is 3.27. The number of methoxy groups -OCH3 is 2. The number of hydrogen-bond donors (Lipinski definition) is 2. The average Bonchev–Trinajstić information content (AvgIpc) is 3.04. The highest BCUT2D eigenvalue weighted by atomic mass is 32.2. The summed E-state index contributed by atoms with van der Waals surface area (Å²) in [5.74, 6) is 1.87. The normalized spacial score (nSPS) is 16.1. The van der Waals surface area contributed by atoms with Gasteiger partial charge in [-0.1, -0.05) is 12.1 Å². The third-order valence-corrected chi connectivity index (χ3v) is 5.79. The number of aromatic nitrogens is 2. The highest BCUT2D eigenvalue weighted by Crippen LogP contribution is 2.44. The monoisotopic (exact) mass is 397 g/mol. The molecular weight excluding hydrogens is 378 g/mol. The van der Waals surface area contributed by atoms with Gasteiger partial charge in [0.05, 0.1) is 36.6 Å². The molecule has 1 atom stereocenters. The highest BCUT2D eigenvalue weighted by Gasteiger charge is 2.29. The van der Waals surface area contributed by atoms with Gasteiger partial charge in [0.1, 0.15) is 12.1 Å². The molecule has 2 heterocycles. The summed E-state index contributed by atoms with van der Waals surface area (Å²) in [6, 6.07) is 12.9. The number of carbonyl (C=O) groups is 1. The van der Waals surface area contributed by atoms with Crippen molar-refractivity contribution in [3.05, 3.63) is 60.0 Å². The van der Waals surface area contributed by atoms with Gasteiger partial charge in [0.2, 0.25) is 5.91 Å². The second-order valence-corrected chi connectivity index (χ2v) is 7.31. The Hall–Kier alpha value is -3.13. The average molecular weight is 397 g/mol. The summed E-state index contributed by atoms with van der Waals surface area (Å²) in [5, 5.41) is 12.9. The summed E-state index contributed by atoms with van der Waals surface area (Å²) < 4.78 is 12.4. The first-order valence-corrected chi connectivity index (χ1v) is 9.65. The van der Waals surface area contributed by atoms with Crippen LogP contribution in [0.4, 0.5) is 5.82 Å². The van der Waals surface area contributed by atoms with E-state index >= 15 is 0 Å². The first-order valence-electron chi connectivity index (χ1n) is 8.60. The van der Waals surface area contributed by atoms with Crippen LogP contribution in [-0.2, 0) is 4.79 Å². The van der Waals surface area contributed by atoms with Crippen molar-refractivity contribution >= 4 is 23.5 Å². The molecule has 7 nitrogen and oxygen atoms in total. The first-order chi connectivity index (χ1) is 13.6. The summed E-state index contributed by atoms with van der Waals surface area (Å²) >= 11 is 1.48. The number of nitrogens with zero attached hydrogens (tertiary/aromatic N) is 2. The molecule has 1 aliphatic heterocycles. The predicted octanol–water partition coefficient (Wildman–Crippen LogP) is 3.37. The number of phenolic OH excluding ortho intramolecular Hbond substituents is 1. The summed E-state index contributed by atoms with van der Waals surface area (Å²) in [4.78, 5) is 16.6. The molecule has 0 saturated carbocycles. The maximum atomic E-state index is 12.2. The Balaban J connectivity index is 1.86. The Bertz CT molecular complexity index is 1030. The molecule has 0 saturated heterocycles. The molecule has 0 spiro atoms. The van der Waals surface area contributed by atoms with Crippen LogP contribution in [0.5, 0.6) is 17.2 Å². The molecular formula is C20H19N3O4S. The van der Waals surface area contributed by atoms with Crippen LogP contribution in [0.3, 0.4) is 0 Å². The number of anilines is 1. The van der Waals surface area contributed by atoms with E-state index < -0.39 is 0 Å². The van der Waals surface area contributed by atoms with E-state index in [4.69, 9.17) is 9.47 Å². The van der Waals surface area contributed by atoms with E-state index in [2.05, 4.69) is 10.3 Å². The van der Waals surface area contributed by atoms with E-state index in [-0.39, 0.29) is 22.7 Å². The second kappa shape index (κ2) is 7.47. The Morgan fingerprint density at radius 1 is 1.21 bits per heavy atom. The number of benzene rings is 2. The Labute approximate surface area is 166 Å². The van der Waals surface area contributed by atoms with Crippen molar-refractivity contribution in [2.45, 2.75) is 5.25 Å². The van der Waals surface area contributed by atoms with Crippen molar-refractivity contribution in [2.75, 3.05) is 25.3 Å². The van der Waals surface area contributed by atoms with E-state index in [0.717, 1.165) is 22.7 Å². The number of phenols is 1. The zero-order valence-electron chi connectivity index (χ0n) is 15.4. The SMILES string of the molecule is COc1cccc(-n2cnc3c2[C@H](c2ccc(OC)c(O)c2)SCC(=O)N3)c1. The molecule has 3 aromatic rings. The van der Waals surface area contributed by atoms with Crippen molar-refractivity contribution in [1.82, 2.24) is 9.55 Å². The predicted molar refractivity (Wildman–Crippen MR) is 108 cm³/mol. The number of carbonyl (C=O) groups excluding carboxylic acids is 1. The van der Waals surface area contributed by atoms with E-state index in [1.165, 1.54) is 18.9 Å². The van der Waals surface area contributed by atoms with Crippen LogP contribution in [0.25, 0.3) is 5.69 Å². The number of thioether (sulfide) groups is 1. The fourth-order valence-corrected chi connectivity index (χ4v) is 4.31. The number of fused-ring (bicyclic) bond motifs is 1. The summed E-state index contributed by atoms with van der Waals surface area (Å²) in [7, 11) is 3.13. The Morgan fingerprint density at radius 3 is 2.82 bits per heavy atom. The van der Waals surface area contributed by atoms with Gasteiger partial charge in [0.15, 0.2) is 17.3 Å². The lowest BCUT2D eigenvalue weighted by Crippen LogP contribution is -2.12. The van der Waals surface area contributed by atoms with Crippen LogP contribution in [0.15, 0.2) is 48.8 Å². The van der Waals surface area contributed by atoms with Crippen LogP contribution >= 0.6 is 11.8 Å². The molecule has 8 heteroatoms. The zero-order chi connectivity index (χ0) is 19.7. The fourth-order valence-electron chi connectivity index (χ4n) is 3.20. The van der Waals surface area contributed by atoms with Crippen LogP contribution in [-0.4, -0.2) is 40.5 Å². The van der Waals surface area contributed by atoms with E-state index in [9.17, 15) is 9.90 Å². The Morgan fingerprint density at radius 2 is 2.07 bits per heavy atom. The lowest BCUT2D eigenvalue weighted by Gasteiger charge is -2.19. The third-order valence-electron chi connectivity index (χ3n) is 4.53. The maximum absolute atomic E-state index is 12.2. The summed E-state index contributed by atoms with van der Waals surface area (Å²) in [6.45, 7) is 0. The fraction of sp³-hybridized carbons (Fsp3) is 0.200. The molecule has 4 rings (SSSR count). The lowest BCUT2D eigenvalue weighted by atomic mass is 10.1. The molecule has 1 aromatic heterocycles. The number of ether oxygens (including phenoxy) is 2. The molecule has 0 radical (unpaired) electrons. The molecule has 0 bridgehead atoms. The Kier molecular flexibility index (Phi) is 4.87. The molecule has 0 fully saturated rings. The summed E-state index contributed by atoms with van der Waals surface area (Å²) in [6.07, 6.45) is 1.68. The molecule has 144 valence electrons. The van der Waals surface area contributed by atoms with Crippen molar-refractivity contribution in [3.8, 4) is 22.9 Å². The molecule has 1 amide bonds. The van der Waals surface area contributed by atoms with Gasteiger partial charge in [0.25, 0.3) is 0 Å². The van der Waals surface area contributed by atoms with Crippen LogP contribution in [0.1, 0.15) is 16.5 Å². The number of nitrogens with one attached hydrogen (secondary N) is 1. The molecule has 0 aliphatic carbocycles.